The van der Waals surface area contributed by atoms with Crippen LogP contribution in [0.4, 0.5) is 0 Å². The van der Waals surface area contributed by atoms with E-state index in [9.17, 15) is 0 Å². The molecule has 0 saturated carbocycles. The Morgan fingerprint density at radius 3 is 2.24 bits per heavy atom. The minimum absolute atomic E-state index is 0.621. The average molecular weight is 409 g/mol. The second-order valence-electron chi connectivity index (χ2n) is 4.61. The van der Waals surface area contributed by atoms with Crippen molar-refractivity contribution < 1.29 is 4.74 Å². The molecule has 0 spiro atoms. The lowest BCUT2D eigenvalue weighted by atomic mass is 10.0. The van der Waals surface area contributed by atoms with Crippen LogP contribution in [0.2, 0.25) is 15.1 Å². The summed E-state index contributed by atoms with van der Waals surface area (Å²) >= 11 is 21.6. The predicted octanol–water partition coefficient (Wildman–Crippen LogP) is 6.40. The molecule has 0 heterocycles. The molecule has 2 rings (SSSR count). The Morgan fingerprint density at radius 2 is 1.62 bits per heavy atom. The Morgan fingerprint density at radius 1 is 0.905 bits per heavy atom. The largest absolute Gasteiger partial charge is 0.492 e. The van der Waals surface area contributed by atoms with E-state index >= 15 is 0 Å². The molecule has 0 saturated heterocycles. The first-order valence-corrected chi connectivity index (χ1v) is 8.76. The molecule has 0 radical (unpaired) electrons. The topological polar surface area (TPSA) is 9.23 Å². The Kier molecular flexibility index (Phi) is 6.69. The third-order valence-electron chi connectivity index (χ3n) is 2.86. The van der Waals surface area contributed by atoms with E-state index < -0.39 is 0 Å². The first kappa shape index (κ1) is 17.0. The third kappa shape index (κ3) is 5.37. The lowest BCUT2D eigenvalue weighted by molar-refractivity contribution is 0.319. The minimum atomic E-state index is 0.621. The van der Waals surface area contributed by atoms with Gasteiger partial charge in [-0.1, -0.05) is 56.8 Å². The van der Waals surface area contributed by atoms with Gasteiger partial charge in [-0.15, -0.1) is 0 Å². The van der Waals surface area contributed by atoms with Crippen molar-refractivity contribution in [1.82, 2.24) is 0 Å². The Hall–Kier alpha value is -0.410. The van der Waals surface area contributed by atoms with Crippen molar-refractivity contribution in [2.24, 2.45) is 0 Å². The van der Waals surface area contributed by atoms with Gasteiger partial charge >= 0.3 is 0 Å². The zero-order valence-electron chi connectivity index (χ0n) is 11.2. The summed E-state index contributed by atoms with van der Waals surface area (Å²) in [4.78, 5) is 0. The maximum atomic E-state index is 6.25. The quantitative estimate of drug-likeness (QED) is 0.397. The molecule has 0 N–H and O–H groups in total. The van der Waals surface area contributed by atoms with Crippen LogP contribution in [0.5, 0.6) is 5.75 Å². The molecule has 112 valence electrons. The molecular weight excluding hydrogens is 394 g/mol. The number of alkyl halides is 1. The van der Waals surface area contributed by atoms with Gasteiger partial charge in [0.1, 0.15) is 5.75 Å². The molecule has 0 unspecified atom stereocenters. The third-order valence-corrected chi connectivity index (χ3v) is 4.15. The van der Waals surface area contributed by atoms with Gasteiger partial charge in [0.2, 0.25) is 0 Å². The smallest absolute Gasteiger partial charge is 0.137 e. The monoisotopic (exact) mass is 406 g/mol. The highest BCUT2D eigenvalue weighted by molar-refractivity contribution is 9.09. The van der Waals surface area contributed by atoms with Crippen LogP contribution in [0.25, 0.3) is 0 Å². The summed E-state index contributed by atoms with van der Waals surface area (Å²) in [7, 11) is 0. The summed E-state index contributed by atoms with van der Waals surface area (Å²) < 4.78 is 5.62. The van der Waals surface area contributed by atoms with Gasteiger partial charge in [-0.2, -0.15) is 0 Å². The summed E-state index contributed by atoms with van der Waals surface area (Å²) in [5.41, 5.74) is 2.14. The van der Waals surface area contributed by atoms with Crippen LogP contribution in [0.15, 0.2) is 36.4 Å². The SMILES string of the molecule is Clc1cc(Cl)cc(Cc2ccc(OCCCBr)c(Cl)c2)c1. The number of halogens is 4. The number of rotatable bonds is 6. The van der Waals surface area contributed by atoms with Crippen molar-refractivity contribution in [3.8, 4) is 5.75 Å². The highest BCUT2D eigenvalue weighted by Gasteiger charge is 2.05. The molecule has 0 aromatic heterocycles. The summed E-state index contributed by atoms with van der Waals surface area (Å²) in [6.45, 7) is 0.647. The van der Waals surface area contributed by atoms with Crippen molar-refractivity contribution in [3.63, 3.8) is 0 Å². The minimum Gasteiger partial charge on any atom is -0.492 e. The van der Waals surface area contributed by atoms with E-state index in [0.717, 1.165) is 29.3 Å². The molecule has 0 bridgehead atoms. The van der Waals surface area contributed by atoms with Crippen LogP contribution in [-0.2, 0) is 6.42 Å². The Labute approximate surface area is 148 Å². The van der Waals surface area contributed by atoms with Crippen molar-refractivity contribution in [2.45, 2.75) is 12.8 Å². The van der Waals surface area contributed by atoms with Gasteiger partial charge in [0.05, 0.1) is 11.6 Å². The molecule has 2 aromatic carbocycles. The number of hydrogen-bond donors (Lipinski definition) is 0. The number of hydrogen-bond acceptors (Lipinski definition) is 1. The molecule has 5 heteroatoms. The Balaban J connectivity index is 2.09. The van der Waals surface area contributed by atoms with Crippen LogP contribution in [-0.4, -0.2) is 11.9 Å². The molecule has 0 atom stereocenters. The van der Waals surface area contributed by atoms with Gasteiger partial charge in [-0.05, 0) is 54.3 Å². The van der Waals surface area contributed by atoms with Gasteiger partial charge in [0, 0.05) is 15.4 Å². The summed E-state index contributed by atoms with van der Waals surface area (Å²) in [5, 5.41) is 2.81. The first-order valence-electron chi connectivity index (χ1n) is 6.50. The molecule has 0 fully saturated rings. The van der Waals surface area contributed by atoms with Crippen molar-refractivity contribution in [2.75, 3.05) is 11.9 Å². The van der Waals surface area contributed by atoms with Gasteiger partial charge < -0.3 is 4.74 Å². The molecular formula is C16H14BrCl3O. The van der Waals surface area contributed by atoms with Crippen molar-refractivity contribution in [1.29, 1.82) is 0 Å². The van der Waals surface area contributed by atoms with E-state index in [1.807, 2.05) is 30.3 Å². The van der Waals surface area contributed by atoms with E-state index in [1.54, 1.807) is 6.07 Å². The normalized spacial score (nSPS) is 10.7. The maximum Gasteiger partial charge on any atom is 0.137 e. The highest BCUT2D eigenvalue weighted by Crippen LogP contribution is 2.28. The fraction of sp³-hybridized carbons (Fsp3) is 0.250. The van der Waals surface area contributed by atoms with Crippen LogP contribution in [0, 0.1) is 0 Å². The molecule has 0 aliphatic rings. The number of ether oxygens (including phenoxy) is 1. The van der Waals surface area contributed by atoms with Crippen LogP contribution in [0.3, 0.4) is 0 Å². The second-order valence-corrected chi connectivity index (χ2v) is 6.68. The van der Waals surface area contributed by atoms with Gasteiger partial charge in [-0.3, -0.25) is 0 Å². The van der Waals surface area contributed by atoms with E-state index in [0.29, 0.717) is 27.4 Å². The fourth-order valence-electron chi connectivity index (χ4n) is 1.96. The van der Waals surface area contributed by atoms with Crippen LogP contribution >= 0.6 is 50.7 Å². The highest BCUT2D eigenvalue weighted by atomic mass is 79.9. The van der Waals surface area contributed by atoms with E-state index in [4.69, 9.17) is 39.5 Å². The van der Waals surface area contributed by atoms with Gasteiger partial charge in [-0.25, -0.2) is 0 Å². The van der Waals surface area contributed by atoms with E-state index in [1.165, 1.54) is 0 Å². The molecule has 2 aromatic rings. The van der Waals surface area contributed by atoms with E-state index in [-0.39, 0.29) is 0 Å². The summed E-state index contributed by atoms with van der Waals surface area (Å²) in [6, 6.07) is 11.4. The predicted molar refractivity (Wildman–Crippen MR) is 94.6 cm³/mol. The number of benzene rings is 2. The molecule has 21 heavy (non-hydrogen) atoms. The van der Waals surface area contributed by atoms with Gasteiger partial charge in [0.25, 0.3) is 0 Å². The molecule has 0 aliphatic carbocycles. The van der Waals surface area contributed by atoms with Crippen LogP contribution < -0.4 is 4.74 Å². The van der Waals surface area contributed by atoms with Crippen molar-refractivity contribution >= 4 is 50.7 Å². The maximum absolute atomic E-state index is 6.25. The Bertz CT molecular complexity index is 596. The zero-order chi connectivity index (χ0) is 15.2. The lowest BCUT2D eigenvalue weighted by Gasteiger charge is -2.09. The molecule has 0 amide bonds. The first-order chi connectivity index (χ1) is 10.1. The summed E-state index contributed by atoms with van der Waals surface area (Å²) in [5.74, 6) is 0.713. The lowest BCUT2D eigenvalue weighted by Crippen LogP contribution is -1.98. The van der Waals surface area contributed by atoms with Gasteiger partial charge in [0.15, 0.2) is 0 Å². The van der Waals surface area contributed by atoms with Crippen LogP contribution in [0.1, 0.15) is 17.5 Å². The fourth-order valence-corrected chi connectivity index (χ4v) is 3.01. The van der Waals surface area contributed by atoms with Crippen molar-refractivity contribution in [3.05, 3.63) is 62.6 Å². The summed E-state index contributed by atoms with van der Waals surface area (Å²) in [6.07, 6.45) is 1.67. The zero-order valence-corrected chi connectivity index (χ0v) is 15.1. The molecule has 0 aliphatic heterocycles. The average Bonchev–Trinajstić information content (AvgIpc) is 2.40. The standard InChI is InChI=1S/C16H14BrCl3O/c17-4-1-5-21-16-3-2-11(9-15(16)20)6-12-7-13(18)10-14(19)8-12/h2-3,7-10H,1,4-6H2. The van der Waals surface area contributed by atoms with E-state index in [2.05, 4.69) is 15.9 Å². The second kappa shape index (κ2) is 8.28. The molecule has 1 nitrogen and oxygen atoms in total.